The van der Waals surface area contributed by atoms with Crippen LogP contribution in [0.1, 0.15) is 63.1 Å². The van der Waals surface area contributed by atoms with Gasteiger partial charge in [0, 0.05) is 37.2 Å². The number of rotatable bonds is 2. The lowest BCUT2D eigenvalue weighted by atomic mass is 9.80. The van der Waals surface area contributed by atoms with E-state index in [2.05, 4.69) is 150 Å². The van der Waals surface area contributed by atoms with Gasteiger partial charge in [-0.2, -0.15) is 0 Å². The summed E-state index contributed by atoms with van der Waals surface area (Å²) in [5.41, 5.74) is 20.8. The van der Waals surface area contributed by atoms with Gasteiger partial charge in [0.25, 0.3) is 0 Å². The van der Waals surface area contributed by atoms with Crippen LogP contribution in [-0.2, 0) is 6.42 Å². The minimum atomic E-state index is 0.213. The van der Waals surface area contributed by atoms with Crippen molar-refractivity contribution < 1.29 is 0 Å². The summed E-state index contributed by atoms with van der Waals surface area (Å²) in [5.74, 6) is 0.213. The van der Waals surface area contributed by atoms with Gasteiger partial charge >= 0.3 is 0 Å². The van der Waals surface area contributed by atoms with Crippen LogP contribution in [0.4, 0.5) is 0 Å². The quantitative estimate of drug-likeness (QED) is 0.166. The van der Waals surface area contributed by atoms with Crippen molar-refractivity contribution in [1.82, 2.24) is 9.97 Å². The molecule has 9 aromatic rings. The first-order valence-electron chi connectivity index (χ1n) is 19.5. The summed E-state index contributed by atoms with van der Waals surface area (Å²) in [4.78, 5) is 12.2. The molecule has 2 heterocycles. The first-order valence-corrected chi connectivity index (χ1v) is 20.3. The monoisotopic (exact) mass is 724 g/mol. The van der Waals surface area contributed by atoms with Crippen LogP contribution >= 0.6 is 11.3 Å². The molecule has 1 unspecified atom stereocenters. The molecule has 1 atom stereocenters. The van der Waals surface area contributed by atoms with E-state index in [0.29, 0.717) is 0 Å². The fourth-order valence-corrected chi connectivity index (χ4v) is 11.0. The van der Waals surface area contributed by atoms with Gasteiger partial charge in [-0.15, -0.1) is 11.3 Å². The van der Waals surface area contributed by atoms with E-state index in [-0.39, 0.29) is 5.92 Å². The Morgan fingerprint density at radius 3 is 1.91 bits per heavy atom. The van der Waals surface area contributed by atoms with E-state index in [1.807, 2.05) is 17.5 Å². The van der Waals surface area contributed by atoms with Gasteiger partial charge in [-0.25, -0.2) is 4.98 Å². The highest BCUT2D eigenvalue weighted by atomic mass is 32.1. The molecule has 2 nitrogen and oxygen atoms in total. The minimum Gasteiger partial charge on any atom is -0.252 e. The fraction of sp³-hybridized carbons (Fsp3) is 0.154. The van der Waals surface area contributed by atoms with Crippen molar-refractivity contribution >= 4 is 60.1 Å². The molecule has 0 N–H and O–H groups in total. The van der Waals surface area contributed by atoms with Crippen molar-refractivity contribution in [3.05, 3.63) is 159 Å². The molecule has 3 heteroatoms. The topological polar surface area (TPSA) is 25.8 Å². The van der Waals surface area contributed by atoms with Crippen LogP contribution in [0.15, 0.2) is 115 Å². The third kappa shape index (κ3) is 4.99. The lowest BCUT2D eigenvalue weighted by Crippen LogP contribution is -2.05. The summed E-state index contributed by atoms with van der Waals surface area (Å²) in [5, 5.41) is 6.07. The van der Waals surface area contributed by atoms with Crippen molar-refractivity contribution in [1.29, 1.82) is 0 Å². The van der Waals surface area contributed by atoms with E-state index in [4.69, 9.17) is 9.97 Å². The van der Waals surface area contributed by atoms with Crippen LogP contribution in [-0.4, -0.2) is 9.97 Å². The number of thiophene rings is 1. The van der Waals surface area contributed by atoms with Gasteiger partial charge in [-0.3, -0.25) is 4.98 Å². The molecule has 11 rings (SSSR count). The third-order valence-electron chi connectivity index (χ3n) is 12.3. The molecule has 0 fully saturated rings. The molecule has 4 bridgehead atoms. The largest absolute Gasteiger partial charge is 0.252 e. The van der Waals surface area contributed by atoms with Crippen molar-refractivity contribution in [3.8, 4) is 44.6 Å². The Morgan fingerprint density at radius 1 is 0.582 bits per heavy atom. The molecule has 0 amide bonds. The summed E-state index contributed by atoms with van der Waals surface area (Å²) in [6.45, 7) is 11.4. The van der Waals surface area contributed by atoms with Crippen molar-refractivity contribution in [2.24, 2.45) is 0 Å². The molecule has 0 aliphatic heterocycles. The van der Waals surface area contributed by atoms with Gasteiger partial charge in [0.05, 0.1) is 22.9 Å². The molecule has 2 aliphatic carbocycles. The molecule has 55 heavy (non-hydrogen) atoms. The zero-order valence-electron chi connectivity index (χ0n) is 31.8. The summed E-state index contributed by atoms with van der Waals surface area (Å²) in [7, 11) is 0. The Kier molecular flexibility index (Phi) is 7.13. The fourth-order valence-electron chi connectivity index (χ4n) is 9.80. The highest BCUT2D eigenvalue weighted by Gasteiger charge is 2.24. The van der Waals surface area contributed by atoms with Gasteiger partial charge < -0.3 is 0 Å². The van der Waals surface area contributed by atoms with E-state index in [1.165, 1.54) is 98.1 Å². The first kappa shape index (κ1) is 32.5. The highest BCUT2D eigenvalue weighted by molar-refractivity contribution is 7.19. The average molecular weight is 725 g/mol. The molecule has 0 spiro atoms. The molecule has 7 aromatic carbocycles. The predicted molar refractivity (Wildman–Crippen MR) is 235 cm³/mol. The summed E-state index contributed by atoms with van der Waals surface area (Å²) in [6, 6.07) is 39.3. The van der Waals surface area contributed by atoms with Crippen molar-refractivity contribution in [2.75, 3.05) is 0 Å². The molecule has 0 radical (unpaired) electrons. The predicted octanol–water partition coefficient (Wildman–Crippen LogP) is 14.5. The summed E-state index contributed by atoms with van der Waals surface area (Å²) in [6.07, 6.45) is 8.87. The molecular weight excluding hydrogens is 685 g/mol. The molecule has 0 saturated heterocycles. The van der Waals surface area contributed by atoms with Gasteiger partial charge in [0.1, 0.15) is 0 Å². The molecule has 264 valence electrons. The second kappa shape index (κ2) is 12.1. The Morgan fingerprint density at radius 2 is 1.20 bits per heavy atom. The standard InChI is InChI=1S/C52H40N2S/c1-28-19-30(3)49-36-13-16-39-43(25-36)44-26-37(50-31(4)20-29(2)22-42(50)32(5)41(49)21-28)14-17-40(44)52-51(39)53-27-46(54-52)35-10-8-9-33(23-35)34-15-18-48-45(24-34)38-11-6-7-12-47(38)55-48/h6,8-11,13-27,32H,7,12H2,1-5H3. The summed E-state index contributed by atoms with van der Waals surface area (Å²) >= 11 is 1.94. The SMILES string of the molecule is Cc1cc(C)c2c(c1)C(C)c1cc(C)cc(C)c1-c1ccc3c(c1)c1cc-2ccc1c1ncc(-c2cccc(-c4ccc5sc6c(c5c4)C=CCC6)c2)nc31. The Hall–Kier alpha value is -5.90. The van der Waals surface area contributed by atoms with Gasteiger partial charge in [-0.1, -0.05) is 103 Å². The Balaban J connectivity index is 1.14. The number of aromatic nitrogens is 2. The van der Waals surface area contributed by atoms with E-state index in [1.54, 1.807) is 0 Å². The van der Waals surface area contributed by atoms with Crippen molar-refractivity contribution in [3.63, 3.8) is 0 Å². The number of hydrogen-bond donors (Lipinski definition) is 0. The smallest absolute Gasteiger partial charge is 0.0979 e. The highest BCUT2D eigenvalue weighted by Crippen LogP contribution is 2.46. The number of aryl methyl sites for hydroxylation is 5. The number of benzene rings is 7. The lowest BCUT2D eigenvalue weighted by molar-refractivity contribution is 0.918. The third-order valence-corrected chi connectivity index (χ3v) is 13.5. The van der Waals surface area contributed by atoms with Gasteiger partial charge in [0.15, 0.2) is 0 Å². The van der Waals surface area contributed by atoms with Crippen LogP contribution in [0, 0.1) is 27.7 Å². The Labute approximate surface area is 325 Å². The van der Waals surface area contributed by atoms with Crippen LogP contribution in [0.25, 0.3) is 93.4 Å². The van der Waals surface area contributed by atoms with Gasteiger partial charge in [-0.05, 0) is 143 Å². The Bertz CT molecular complexity index is 3160. The number of allylic oxidation sites excluding steroid dienone is 1. The van der Waals surface area contributed by atoms with E-state index >= 15 is 0 Å². The van der Waals surface area contributed by atoms with E-state index in [9.17, 15) is 0 Å². The zero-order valence-corrected chi connectivity index (χ0v) is 32.7. The maximum Gasteiger partial charge on any atom is 0.0979 e. The molecule has 2 aliphatic rings. The van der Waals surface area contributed by atoms with Crippen LogP contribution in [0.3, 0.4) is 0 Å². The number of fused-ring (bicyclic) bond motifs is 12. The zero-order chi connectivity index (χ0) is 37.1. The lowest BCUT2D eigenvalue weighted by Gasteiger charge is -2.24. The van der Waals surface area contributed by atoms with Crippen LogP contribution < -0.4 is 0 Å². The normalized spacial score (nSPS) is 14.6. The van der Waals surface area contributed by atoms with Crippen molar-refractivity contribution in [2.45, 2.75) is 53.4 Å². The number of hydrogen-bond acceptors (Lipinski definition) is 3. The summed E-state index contributed by atoms with van der Waals surface area (Å²) < 4.78 is 1.37. The van der Waals surface area contributed by atoms with E-state index in [0.717, 1.165) is 45.9 Å². The first-order chi connectivity index (χ1) is 26.8. The second-order valence-electron chi connectivity index (χ2n) is 16.0. The van der Waals surface area contributed by atoms with Gasteiger partial charge in [0.2, 0.25) is 0 Å². The van der Waals surface area contributed by atoms with E-state index < -0.39 is 0 Å². The molecule has 2 aromatic heterocycles. The second-order valence-corrected chi connectivity index (χ2v) is 17.1. The molecular formula is C52H40N2S. The van der Waals surface area contributed by atoms with Crippen LogP contribution in [0.5, 0.6) is 0 Å². The maximum atomic E-state index is 5.46. The van der Waals surface area contributed by atoms with Crippen LogP contribution in [0.2, 0.25) is 0 Å². The molecule has 0 saturated carbocycles. The maximum absolute atomic E-state index is 5.46. The minimum absolute atomic E-state index is 0.213. The average Bonchev–Trinajstić information content (AvgIpc) is 3.57. The number of nitrogens with zero attached hydrogens (tertiary/aromatic N) is 2.